The van der Waals surface area contributed by atoms with Gasteiger partial charge in [0.1, 0.15) is 5.82 Å². The molecule has 2 N–H and O–H groups in total. The average molecular weight is 293 g/mol. The van der Waals surface area contributed by atoms with Gasteiger partial charge in [0.15, 0.2) is 0 Å². The lowest BCUT2D eigenvalue weighted by atomic mass is 10.0. The molecule has 0 aliphatic carbocycles. The van der Waals surface area contributed by atoms with Crippen molar-refractivity contribution < 1.29 is 32.3 Å². The molecule has 0 unspecified atom stereocenters. The van der Waals surface area contributed by atoms with Crippen LogP contribution in [0.1, 0.15) is 30.5 Å². The lowest BCUT2D eigenvalue weighted by molar-refractivity contribution is -0.140. The second-order valence-corrected chi connectivity index (χ2v) is 4.09. The molecular formula is C12H11F4NO3. The van der Waals surface area contributed by atoms with Crippen LogP contribution in [0.25, 0.3) is 0 Å². The van der Waals surface area contributed by atoms with Gasteiger partial charge in [-0.3, -0.25) is 9.59 Å². The van der Waals surface area contributed by atoms with Crippen molar-refractivity contribution in [2.45, 2.75) is 25.6 Å². The number of alkyl halides is 3. The van der Waals surface area contributed by atoms with Crippen molar-refractivity contribution in [3.05, 3.63) is 35.1 Å². The number of carbonyl (C=O) groups excluding carboxylic acids is 1. The molecule has 0 aliphatic heterocycles. The Morgan fingerprint density at radius 3 is 2.40 bits per heavy atom. The number of carboxylic acid groups (broad SMARTS) is 1. The quantitative estimate of drug-likeness (QED) is 0.838. The molecule has 0 radical (unpaired) electrons. The number of carbonyl (C=O) groups is 2. The highest BCUT2D eigenvalue weighted by atomic mass is 19.4. The zero-order valence-corrected chi connectivity index (χ0v) is 10.3. The van der Waals surface area contributed by atoms with Gasteiger partial charge in [0, 0.05) is 6.92 Å². The van der Waals surface area contributed by atoms with E-state index >= 15 is 0 Å². The second kappa shape index (κ2) is 5.89. The number of hydrogen-bond acceptors (Lipinski definition) is 2. The average Bonchev–Trinajstić information content (AvgIpc) is 2.25. The van der Waals surface area contributed by atoms with E-state index in [1.165, 1.54) is 0 Å². The van der Waals surface area contributed by atoms with Gasteiger partial charge in [-0.1, -0.05) is 6.07 Å². The summed E-state index contributed by atoms with van der Waals surface area (Å²) in [6, 6.07) is 0.939. The molecule has 0 bridgehead atoms. The number of aliphatic carboxylic acids is 1. The Morgan fingerprint density at radius 1 is 1.35 bits per heavy atom. The minimum atomic E-state index is -4.90. The van der Waals surface area contributed by atoms with E-state index in [1.807, 2.05) is 0 Å². The minimum Gasteiger partial charge on any atom is -0.481 e. The highest BCUT2D eigenvalue weighted by Crippen LogP contribution is 2.33. The van der Waals surface area contributed by atoms with Gasteiger partial charge in [0.05, 0.1) is 18.0 Å². The maximum absolute atomic E-state index is 13.1. The summed E-state index contributed by atoms with van der Waals surface area (Å²) >= 11 is 0. The molecule has 0 heterocycles. The third kappa shape index (κ3) is 4.22. The lowest BCUT2D eigenvalue weighted by Crippen LogP contribution is -2.28. The summed E-state index contributed by atoms with van der Waals surface area (Å²) in [5.41, 5.74) is -1.63. The van der Waals surface area contributed by atoms with Crippen molar-refractivity contribution in [1.82, 2.24) is 5.32 Å². The van der Waals surface area contributed by atoms with Gasteiger partial charge in [-0.05, 0) is 17.7 Å². The Balaban J connectivity index is 3.20. The highest BCUT2D eigenvalue weighted by molar-refractivity contribution is 5.75. The number of benzene rings is 1. The molecule has 0 aliphatic rings. The molecule has 1 aromatic rings. The molecule has 0 aromatic heterocycles. The van der Waals surface area contributed by atoms with Crippen LogP contribution in [0.3, 0.4) is 0 Å². The predicted octanol–water partition coefficient (Wildman–Crippen LogP) is 2.50. The molecule has 0 fully saturated rings. The zero-order chi connectivity index (χ0) is 15.5. The monoisotopic (exact) mass is 293 g/mol. The molecule has 8 heteroatoms. The molecule has 1 amide bonds. The summed E-state index contributed by atoms with van der Waals surface area (Å²) in [6.45, 7) is 1.10. The van der Waals surface area contributed by atoms with Gasteiger partial charge in [-0.15, -0.1) is 0 Å². The summed E-state index contributed by atoms with van der Waals surface area (Å²) in [6.07, 6.45) is -5.51. The predicted molar refractivity (Wildman–Crippen MR) is 60.2 cm³/mol. The topological polar surface area (TPSA) is 66.4 Å². The molecule has 1 rings (SSSR count). The van der Waals surface area contributed by atoms with E-state index in [2.05, 4.69) is 5.32 Å². The van der Waals surface area contributed by atoms with Gasteiger partial charge in [0.25, 0.3) is 0 Å². The molecule has 20 heavy (non-hydrogen) atoms. The minimum absolute atomic E-state index is 0.128. The van der Waals surface area contributed by atoms with Crippen LogP contribution >= 0.6 is 0 Å². The number of hydrogen-bond donors (Lipinski definition) is 2. The number of amides is 1. The first kappa shape index (κ1) is 15.9. The molecule has 0 saturated carbocycles. The summed E-state index contributed by atoms with van der Waals surface area (Å²) in [4.78, 5) is 21.6. The number of carboxylic acids is 1. The fourth-order valence-electron chi connectivity index (χ4n) is 1.65. The van der Waals surface area contributed by atoms with Crippen molar-refractivity contribution in [1.29, 1.82) is 0 Å². The first-order valence-corrected chi connectivity index (χ1v) is 5.46. The SMILES string of the molecule is CC(=O)N[C@H](CC(=O)O)c1ccc(F)c(C(F)(F)F)c1. The smallest absolute Gasteiger partial charge is 0.419 e. The molecule has 110 valence electrons. The Kier molecular flexibility index (Phi) is 4.69. The van der Waals surface area contributed by atoms with E-state index in [-0.39, 0.29) is 5.56 Å². The lowest BCUT2D eigenvalue weighted by Gasteiger charge is -2.18. The maximum Gasteiger partial charge on any atom is 0.419 e. The van der Waals surface area contributed by atoms with E-state index in [1.54, 1.807) is 0 Å². The van der Waals surface area contributed by atoms with Crippen LogP contribution in [0.15, 0.2) is 18.2 Å². The van der Waals surface area contributed by atoms with Crippen LogP contribution in [0.4, 0.5) is 17.6 Å². The largest absolute Gasteiger partial charge is 0.481 e. The third-order valence-electron chi connectivity index (χ3n) is 2.45. The van der Waals surface area contributed by atoms with Crippen molar-refractivity contribution in [3.63, 3.8) is 0 Å². The van der Waals surface area contributed by atoms with Crippen LogP contribution in [0.2, 0.25) is 0 Å². The van der Waals surface area contributed by atoms with Crippen molar-refractivity contribution in [2.24, 2.45) is 0 Å². The second-order valence-electron chi connectivity index (χ2n) is 4.09. The van der Waals surface area contributed by atoms with E-state index in [4.69, 9.17) is 5.11 Å². The summed E-state index contributed by atoms with van der Waals surface area (Å²) in [7, 11) is 0. The van der Waals surface area contributed by atoms with Crippen LogP contribution in [0.5, 0.6) is 0 Å². The van der Waals surface area contributed by atoms with Crippen LogP contribution < -0.4 is 5.32 Å². The standard InChI is InChI=1S/C12H11F4NO3/c1-6(18)17-10(5-11(19)20)7-2-3-9(13)8(4-7)12(14,15)16/h2-4,10H,5H2,1H3,(H,17,18)(H,19,20)/t10-/m1/s1. The molecule has 0 saturated heterocycles. The van der Waals surface area contributed by atoms with E-state index in [0.29, 0.717) is 12.1 Å². The van der Waals surface area contributed by atoms with Gasteiger partial charge < -0.3 is 10.4 Å². The van der Waals surface area contributed by atoms with Crippen molar-refractivity contribution >= 4 is 11.9 Å². The Hall–Kier alpha value is -2.12. The van der Waals surface area contributed by atoms with E-state index < -0.39 is 41.9 Å². The molecule has 1 aromatic carbocycles. The van der Waals surface area contributed by atoms with Crippen LogP contribution in [-0.4, -0.2) is 17.0 Å². The van der Waals surface area contributed by atoms with E-state index in [9.17, 15) is 27.2 Å². The zero-order valence-electron chi connectivity index (χ0n) is 10.3. The first-order valence-electron chi connectivity index (χ1n) is 5.46. The Labute approximate surface area is 111 Å². The Morgan fingerprint density at radius 2 is 1.95 bits per heavy atom. The summed E-state index contributed by atoms with van der Waals surface area (Å²) < 4.78 is 50.9. The number of rotatable bonds is 4. The molecule has 1 atom stereocenters. The van der Waals surface area contributed by atoms with Crippen molar-refractivity contribution in [3.8, 4) is 0 Å². The van der Waals surface area contributed by atoms with E-state index in [0.717, 1.165) is 13.0 Å². The number of nitrogens with one attached hydrogen (secondary N) is 1. The Bertz CT molecular complexity index is 512. The van der Waals surface area contributed by atoms with Crippen LogP contribution in [0, 0.1) is 5.82 Å². The maximum atomic E-state index is 13.1. The van der Waals surface area contributed by atoms with Crippen LogP contribution in [-0.2, 0) is 15.8 Å². The number of halogens is 4. The van der Waals surface area contributed by atoms with Gasteiger partial charge in [-0.2, -0.15) is 13.2 Å². The molecule has 4 nitrogen and oxygen atoms in total. The normalized spacial score (nSPS) is 12.8. The van der Waals surface area contributed by atoms with Crippen molar-refractivity contribution in [2.75, 3.05) is 0 Å². The highest BCUT2D eigenvalue weighted by Gasteiger charge is 2.35. The molecule has 0 spiro atoms. The summed E-state index contributed by atoms with van der Waals surface area (Å²) in [5.74, 6) is -3.37. The van der Waals surface area contributed by atoms with Gasteiger partial charge in [0.2, 0.25) is 5.91 Å². The van der Waals surface area contributed by atoms with Gasteiger partial charge >= 0.3 is 12.1 Å². The summed E-state index contributed by atoms with van der Waals surface area (Å²) in [5, 5.41) is 10.9. The fraction of sp³-hybridized carbons (Fsp3) is 0.333. The third-order valence-corrected chi connectivity index (χ3v) is 2.45. The fourth-order valence-corrected chi connectivity index (χ4v) is 1.65. The molecular weight excluding hydrogens is 282 g/mol. The van der Waals surface area contributed by atoms with Gasteiger partial charge in [-0.25, -0.2) is 4.39 Å². The first-order chi connectivity index (χ1) is 9.11.